The molecule has 3 aromatic rings. The van der Waals surface area contributed by atoms with Gasteiger partial charge in [-0.25, -0.2) is 4.79 Å². The highest BCUT2D eigenvalue weighted by Crippen LogP contribution is 2.44. The number of nitrogens with zero attached hydrogens (tertiary/aromatic N) is 1. The van der Waals surface area contributed by atoms with Crippen molar-refractivity contribution in [2.45, 2.75) is 18.8 Å². The van der Waals surface area contributed by atoms with Crippen LogP contribution in [0.15, 0.2) is 78.9 Å². The quantitative estimate of drug-likeness (QED) is 0.474. The molecule has 4 nitrogen and oxygen atoms in total. The van der Waals surface area contributed by atoms with Crippen LogP contribution in [0.4, 0.5) is 4.79 Å². The molecule has 0 saturated heterocycles. The van der Waals surface area contributed by atoms with Gasteiger partial charge < -0.3 is 4.74 Å². The van der Waals surface area contributed by atoms with Crippen molar-refractivity contribution < 1.29 is 14.7 Å². The molecular formula is C24H23NO3. The monoisotopic (exact) mass is 373 g/mol. The molecule has 0 fully saturated rings. The van der Waals surface area contributed by atoms with E-state index in [1.807, 2.05) is 54.6 Å². The second-order valence-electron chi connectivity index (χ2n) is 7.02. The van der Waals surface area contributed by atoms with Crippen molar-refractivity contribution in [3.05, 3.63) is 95.6 Å². The van der Waals surface area contributed by atoms with Crippen molar-refractivity contribution in [1.82, 2.24) is 5.06 Å². The van der Waals surface area contributed by atoms with E-state index in [9.17, 15) is 10.0 Å². The van der Waals surface area contributed by atoms with Crippen LogP contribution >= 0.6 is 0 Å². The first kappa shape index (κ1) is 18.3. The van der Waals surface area contributed by atoms with E-state index in [0.717, 1.165) is 17.5 Å². The van der Waals surface area contributed by atoms with E-state index < -0.39 is 6.09 Å². The SMILES string of the molecule is O=C(OCC1c2ccccc2-c2ccccc21)N(O)CCCc1ccccc1. The molecule has 1 amide bonds. The fourth-order valence-corrected chi connectivity index (χ4v) is 3.84. The fraction of sp³-hybridized carbons (Fsp3) is 0.208. The highest BCUT2D eigenvalue weighted by atomic mass is 16.6. The van der Waals surface area contributed by atoms with Crippen LogP contribution in [-0.2, 0) is 11.2 Å². The summed E-state index contributed by atoms with van der Waals surface area (Å²) in [6.07, 6.45) is 0.772. The Morgan fingerprint density at radius 2 is 1.43 bits per heavy atom. The van der Waals surface area contributed by atoms with Crippen molar-refractivity contribution in [3.8, 4) is 11.1 Å². The zero-order valence-electron chi connectivity index (χ0n) is 15.6. The minimum Gasteiger partial charge on any atom is -0.447 e. The molecule has 1 aliphatic carbocycles. The molecule has 142 valence electrons. The zero-order valence-corrected chi connectivity index (χ0v) is 15.6. The van der Waals surface area contributed by atoms with E-state index in [4.69, 9.17) is 4.74 Å². The second kappa shape index (κ2) is 8.28. The van der Waals surface area contributed by atoms with E-state index in [2.05, 4.69) is 24.3 Å². The predicted octanol–water partition coefficient (Wildman–Crippen LogP) is 5.26. The molecule has 28 heavy (non-hydrogen) atoms. The maximum atomic E-state index is 12.2. The van der Waals surface area contributed by atoms with Gasteiger partial charge in [-0.15, -0.1) is 0 Å². The molecule has 1 N–H and O–H groups in total. The number of aryl methyl sites for hydroxylation is 1. The van der Waals surface area contributed by atoms with E-state index in [1.165, 1.54) is 16.7 Å². The molecule has 1 aliphatic rings. The zero-order chi connectivity index (χ0) is 19.3. The number of hydroxylamine groups is 2. The summed E-state index contributed by atoms with van der Waals surface area (Å²) < 4.78 is 5.44. The number of benzene rings is 3. The molecule has 4 heteroatoms. The second-order valence-corrected chi connectivity index (χ2v) is 7.02. The molecule has 0 spiro atoms. The number of fused-ring (bicyclic) bond motifs is 3. The largest absolute Gasteiger partial charge is 0.447 e. The highest BCUT2D eigenvalue weighted by Gasteiger charge is 2.29. The Morgan fingerprint density at radius 3 is 2.07 bits per heavy atom. The Bertz CT molecular complexity index is 909. The van der Waals surface area contributed by atoms with Crippen molar-refractivity contribution >= 4 is 6.09 Å². The first-order valence-corrected chi connectivity index (χ1v) is 9.59. The lowest BCUT2D eigenvalue weighted by molar-refractivity contribution is -0.0749. The van der Waals surface area contributed by atoms with Gasteiger partial charge in [0, 0.05) is 5.92 Å². The first-order valence-electron chi connectivity index (χ1n) is 9.59. The van der Waals surface area contributed by atoms with Gasteiger partial charge in [-0.1, -0.05) is 78.9 Å². The Morgan fingerprint density at radius 1 is 0.857 bits per heavy atom. The Hall–Kier alpha value is -3.11. The first-order chi connectivity index (χ1) is 13.7. The maximum absolute atomic E-state index is 12.2. The summed E-state index contributed by atoms with van der Waals surface area (Å²) >= 11 is 0. The van der Waals surface area contributed by atoms with Crippen molar-refractivity contribution in [2.24, 2.45) is 0 Å². The molecule has 0 bridgehead atoms. The van der Waals surface area contributed by atoms with Crippen LogP contribution in [0.5, 0.6) is 0 Å². The average molecular weight is 373 g/mol. The maximum Gasteiger partial charge on any atom is 0.433 e. The van der Waals surface area contributed by atoms with Gasteiger partial charge in [0.1, 0.15) is 6.61 Å². The van der Waals surface area contributed by atoms with E-state index in [1.54, 1.807) is 0 Å². The molecule has 0 unspecified atom stereocenters. The summed E-state index contributed by atoms with van der Waals surface area (Å²) in [5, 5.41) is 10.7. The van der Waals surface area contributed by atoms with Gasteiger partial charge in [0.2, 0.25) is 0 Å². The lowest BCUT2D eigenvalue weighted by Crippen LogP contribution is -2.30. The number of hydrogen-bond donors (Lipinski definition) is 1. The molecule has 0 heterocycles. The smallest absolute Gasteiger partial charge is 0.433 e. The van der Waals surface area contributed by atoms with Crippen molar-refractivity contribution in [3.63, 3.8) is 0 Å². The van der Waals surface area contributed by atoms with Crippen LogP contribution in [-0.4, -0.2) is 29.5 Å². The predicted molar refractivity (Wildman–Crippen MR) is 108 cm³/mol. The minimum atomic E-state index is -0.699. The van der Waals surface area contributed by atoms with Crippen LogP contribution in [0.2, 0.25) is 0 Å². The van der Waals surface area contributed by atoms with Gasteiger partial charge in [0.05, 0.1) is 6.54 Å². The molecular weight excluding hydrogens is 350 g/mol. The third-order valence-electron chi connectivity index (χ3n) is 5.23. The van der Waals surface area contributed by atoms with Gasteiger partial charge >= 0.3 is 6.09 Å². The Labute approximate surface area is 165 Å². The lowest BCUT2D eigenvalue weighted by Gasteiger charge is -2.18. The number of carbonyl (C=O) groups excluding carboxylic acids is 1. The van der Waals surface area contributed by atoms with Crippen LogP contribution < -0.4 is 0 Å². The molecule has 4 rings (SSSR count). The summed E-state index contributed by atoms with van der Waals surface area (Å²) in [6, 6.07) is 26.4. The highest BCUT2D eigenvalue weighted by molar-refractivity contribution is 5.79. The van der Waals surface area contributed by atoms with Crippen LogP contribution in [0.3, 0.4) is 0 Å². The van der Waals surface area contributed by atoms with Gasteiger partial charge in [-0.3, -0.25) is 5.21 Å². The third-order valence-corrected chi connectivity index (χ3v) is 5.23. The Kier molecular flexibility index (Phi) is 5.40. The topological polar surface area (TPSA) is 49.8 Å². The molecule has 0 radical (unpaired) electrons. The summed E-state index contributed by atoms with van der Waals surface area (Å²) in [4.78, 5) is 12.2. The van der Waals surface area contributed by atoms with Crippen LogP contribution in [0.25, 0.3) is 11.1 Å². The normalized spacial score (nSPS) is 12.3. The molecule has 0 atom stereocenters. The lowest BCUT2D eigenvalue weighted by atomic mass is 9.98. The average Bonchev–Trinajstić information content (AvgIpc) is 3.06. The standard InChI is InChI=1S/C24H23NO3/c26-24(25(27)16-8-11-18-9-2-1-3-10-18)28-17-23-21-14-6-4-12-19(21)20-13-5-7-15-22(20)23/h1-7,9-10,12-15,23,27H,8,11,16-17H2. The number of hydrogen-bond acceptors (Lipinski definition) is 3. The summed E-state index contributed by atoms with van der Waals surface area (Å²) in [5.41, 5.74) is 5.87. The molecule has 0 aromatic heterocycles. The molecule has 3 aromatic carbocycles. The van der Waals surface area contributed by atoms with Crippen LogP contribution in [0, 0.1) is 0 Å². The van der Waals surface area contributed by atoms with Crippen molar-refractivity contribution in [2.75, 3.05) is 13.2 Å². The fourth-order valence-electron chi connectivity index (χ4n) is 3.84. The molecule has 0 saturated carbocycles. The third kappa shape index (κ3) is 3.78. The van der Waals surface area contributed by atoms with Crippen molar-refractivity contribution in [1.29, 1.82) is 0 Å². The van der Waals surface area contributed by atoms with Gasteiger partial charge in [0.15, 0.2) is 0 Å². The van der Waals surface area contributed by atoms with Gasteiger partial charge in [-0.05, 0) is 40.7 Å². The summed E-state index contributed by atoms with van der Waals surface area (Å²) in [7, 11) is 0. The Balaban J connectivity index is 1.34. The van der Waals surface area contributed by atoms with Gasteiger partial charge in [0.25, 0.3) is 0 Å². The van der Waals surface area contributed by atoms with E-state index in [0.29, 0.717) is 11.5 Å². The number of ether oxygens (including phenoxy) is 1. The van der Waals surface area contributed by atoms with E-state index in [-0.39, 0.29) is 19.1 Å². The summed E-state index contributed by atoms with van der Waals surface area (Å²) in [6.45, 7) is 0.453. The number of amides is 1. The molecule has 0 aliphatic heterocycles. The number of rotatable bonds is 6. The summed E-state index contributed by atoms with van der Waals surface area (Å²) in [5.74, 6) is -0.00549. The van der Waals surface area contributed by atoms with E-state index >= 15 is 0 Å². The van der Waals surface area contributed by atoms with Gasteiger partial charge in [-0.2, -0.15) is 5.06 Å². The van der Waals surface area contributed by atoms with Crippen LogP contribution in [0.1, 0.15) is 29.0 Å². The minimum absolute atomic E-state index is 0.00549. The number of carbonyl (C=O) groups is 1.